The number of esters is 1. The number of nitrogens with zero attached hydrogens (tertiary/aromatic N) is 1. The molecule has 6 nitrogen and oxygen atoms in total. The molecule has 0 aliphatic heterocycles. The average molecular weight is 481 g/mol. The van der Waals surface area contributed by atoms with Crippen LogP contribution in [0.3, 0.4) is 0 Å². The molecular formula is C28H50NO5+. The molecule has 0 amide bonds. The van der Waals surface area contributed by atoms with Crippen molar-refractivity contribution in [2.75, 3.05) is 27.7 Å². The van der Waals surface area contributed by atoms with Gasteiger partial charge in [-0.15, -0.1) is 0 Å². The van der Waals surface area contributed by atoms with Crippen LogP contribution in [0.1, 0.15) is 107 Å². The zero-order valence-electron chi connectivity index (χ0n) is 22.7. The molecule has 34 heavy (non-hydrogen) atoms. The van der Waals surface area contributed by atoms with Gasteiger partial charge >= 0.3 is 11.9 Å². The Balaban J connectivity index is 2.16. The van der Waals surface area contributed by atoms with Gasteiger partial charge in [-0.2, -0.15) is 0 Å². The van der Waals surface area contributed by atoms with Crippen molar-refractivity contribution in [3.05, 3.63) is 22.6 Å². The Morgan fingerprint density at radius 2 is 1.35 bits per heavy atom. The van der Waals surface area contributed by atoms with Gasteiger partial charge in [-0.05, 0) is 44.2 Å². The molecule has 196 valence electrons. The van der Waals surface area contributed by atoms with Crippen molar-refractivity contribution in [2.24, 2.45) is 0 Å². The Morgan fingerprint density at radius 3 is 1.85 bits per heavy atom. The lowest BCUT2D eigenvalue weighted by atomic mass is 10.0. The van der Waals surface area contributed by atoms with E-state index in [0.717, 1.165) is 38.5 Å². The van der Waals surface area contributed by atoms with E-state index in [1.807, 2.05) is 21.1 Å². The predicted octanol–water partition coefficient (Wildman–Crippen LogP) is 6.39. The van der Waals surface area contributed by atoms with Gasteiger partial charge in [0.15, 0.2) is 6.10 Å². The van der Waals surface area contributed by atoms with Gasteiger partial charge < -0.3 is 18.7 Å². The van der Waals surface area contributed by atoms with Crippen molar-refractivity contribution in [1.82, 2.24) is 0 Å². The number of unbranched alkanes of at least 4 members (excludes halogenated alkanes) is 8. The van der Waals surface area contributed by atoms with Gasteiger partial charge in [0.1, 0.15) is 18.1 Å². The molecule has 1 heterocycles. The SMILES string of the molecule is CCCCCc1oc(CCCCCCCCCC(=O)OC(CC(=O)O)C[N+](C)(C)C)c(C)c1C. The number of carboxylic acids is 1. The summed E-state index contributed by atoms with van der Waals surface area (Å²) >= 11 is 0. The monoisotopic (exact) mass is 480 g/mol. The Morgan fingerprint density at radius 1 is 0.853 bits per heavy atom. The second-order valence-electron chi connectivity index (χ2n) is 10.8. The van der Waals surface area contributed by atoms with E-state index in [2.05, 4.69) is 20.8 Å². The third-order valence-corrected chi connectivity index (χ3v) is 6.39. The number of quaternary nitrogens is 1. The Kier molecular flexibility index (Phi) is 14.2. The largest absolute Gasteiger partial charge is 0.481 e. The number of rotatable bonds is 19. The van der Waals surface area contributed by atoms with Gasteiger partial charge in [0.05, 0.1) is 27.6 Å². The van der Waals surface area contributed by atoms with Crippen LogP contribution in [0.2, 0.25) is 0 Å². The number of aryl methyl sites for hydroxylation is 2. The van der Waals surface area contributed by atoms with Crippen LogP contribution >= 0.6 is 0 Å². The van der Waals surface area contributed by atoms with E-state index < -0.39 is 12.1 Å². The number of hydrogen-bond acceptors (Lipinski definition) is 4. The van der Waals surface area contributed by atoms with Crippen LogP contribution in [-0.4, -0.2) is 55.3 Å². The molecule has 1 N–H and O–H groups in total. The van der Waals surface area contributed by atoms with Crippen LogP contribution in [0.25, 0.3) is 0 Å². The summed E-state index contributed by atoms with van der Waals surface area (Å²) in [6.45, 7) is 7.10. The first-order chi connectivity index (χ1) is 16.0. The normalized spacial score (nSPS) is 12.6. The lowest BCUT2D eigenvalue weighted by Crippen LogP contribution is -2.43. The number of carbonyl (C=O) groups is 2. The van der Waals surface area contributed by atoms with Gasteiger partial charge in [0, 0.05) is 19.3 Å². The van der Waals surface area contributed by atoms with Crippen LogP contribution in [0, 0.1) is 13.8 Å². The summed E-state index contributed by atoms with van der Waals surface area (Å²) in [5.74, 6) is 1.15. The number of likely N-dealkylation sites (N-methyl/N-ethyl adjacent to an activating group) is 1. The first-order valence-corrected chi connectivity index (χ1v) is 13.3. The van der Waals surface area contributed by atoms with E-state index in [-0.39, 0.29) is 12.4 Å². The fraction of sp³-hybridized carbons (Fsp3) is 0.786. The molecule has 0 saturated carbocycles. The molecule has 0 spiro atoms. The molecule has 0 aliphatic rings. The van der Waals surface area contributed by atoms with Crippen LogP contribution in [0.5, 0.6) is 0 Å². The number of aliphatic carboxylic acids is 1. The van der Waals surface area contributed by atoms with Gasteiger partial charge in [0.25, 0.3) is 0 Å². The Hall–Kier alpha value is -1.82. The summed E-state index contributed by atoms with van der Waals surface area (Å²) in [4.78, 5) is 23.2. The molecule has 0 aromatic carbocycles. The topological polar surface area (TPSA) is 76.7 Å². The number of hydrogen-bond donors (Lipinski definition) is 1. The van der Waals surface area contributed by atoms with E-state index in [4.69, 9.17) is 14.3 Å². The van der Waals surface area contributed by atoms with Crippen molar-refractivity contribution >= 4 is 11.9 Å². The van der Waals surface area contributed by atoms with E-state index in [9.17, 15) is 9.59 Å². The molecule has 0 aliphatic carbocycles. The molecule has 1 rings (SSSR count). The minimum absolute atomic E-state index is 0.140. The van der Waals surface area contributed by atoms with Gasteiger partial charge in [-0.3, -0.25) is 9.59 Å². The van der Waals surface area contributed by atoms with Crippen molar-refractivity contribution in [3.63, 3.8) is 0 Å². The molecule has 0 saturated heterocycles. The fourth-order valence-corrected chi connectivity index (χ4v) is 4.37. The fourth-order valence-electron chi connectivity index (χ4n) is 4.37. The Labute approximate surface area is 207 Å². The number of carbonyl (C=O) groups excluding carboxylic acids is 1. The third kappa shape index (κ3) is 13.2. The van der Waals surface area contributed by atoms with E-state index in [1.165, 1.54) is 61.2 Å². The molecule has 1 unspecified atom stereocenters. The molecule has 0 fully saturated rings. The third-order valence-electron chi connectivity index (χ3n) is 6.39. The highest BCUT2D eigenvalue weighted by molar-refractivity contribution is 5.71. The standard InChI is InChI=1S/C28H49NO5/c1-7-8-14-17-25-22(2)23(3)26(34-25)18-15-12-10-9-11-13-16-19-28(32)33-24(20-27(30)31)21-29(4,5)6/h24H,7-21H2,1-6H3/p+1. The van der Waals surface area contributed by atoms with Crippen LogP contribution < -0.4 is 0 Å². The van der Waals surface area contributed by atoms with E-state index >= 15 is 0 Å². The molecule has 1 aromatic rings. The Bertz CT molecular complexity index is 732. The first kappa shape index (κ1) is 30.2. The van der Waals surface area contributed by atoms with Crippen molar-refractivity contribution in [1.29, 1.82) is 0 Å². The summed E-state index contributed by atoms with van der Waals surface area (Å²) in [6.07, 6.45) is 13.1. The molecule has 1 aromatic heterocycles. The molecule has 1 atom stereocenters. The second-order valence-corrected chi connectivity index (χ2v) is 10.8. The maximum atomic E-state index is 12.1. The minimum Gasteiger partial charge on any atom is -0.481 e. The highest BCUT2D eigenvalue weighted by Crippen LogP contribution is 2.25. The van der Waals surface area contributed by atoms with Crippen LogP contribution in [0.4, 0.5) is 0 Å². The smallest absolute Gasteiger partial charge is 0.307 e. The van der Waals surface area contributed by atoms with Gasteiger partial charge in [0.2, 0.25) is 0 Å². The zero-order valence-corrected chi connectivity index (χ0v) is 22.7. The van der Waals surface area contributed by atoms with Crippen molar-refractivity contribution in [2.45, 2.75) is 117 Å². The number of carboxylic acid groups (broad SMARTS) is 1. The number of furan rings is 1. The number of ether oxygens (including phenoxy) is 1. The summed E-state index contributed by atoms with van der Waals surface area (Å²) in [6, 6.07) is 0. The van der Waals surface area contributed by atoms with Crippen LogP contribution in [-0.2, 0) is 27.2 Å². The van der Waals surface area contributed by atoms with E-state index in [0.29, 0.717) is 17.4 Å². The summed E-state index contributed by atoms with van der Waals surface area (Å²) in [5.41, 5.74) is 2.68. The van der Waals surface area contributed by atoms with Crippen molar-refractivity contribution < 1.29 is 28.3 Å². The van der Waals surface area contributed by atoms with Crippen molar-refractivity contribution in [3.8, 4) is 0 Å². The van der Waals surface area contributed by atoms with Crippen LogP contribution in [0.15, 0.2) is 4.42 Å². The van der Waals surface area contributed by atoms with E-state index in [1.54, 1.807) is 0 Å². The lowest BCUT2D eigenvalue weighted by molar-refractivity contribution is -0.873. The zero-order chi connectivity index (χ0) is 25.6. The molecule has 0 radical (unpaired) electrons. The summed E-state index contributed by atoms with van der Waals surface area (Å²) in [5, 5.41) is 9.06. The highest BCUT2D eigenvalue weighted by atomic mass is 16.5. The maximum Gasteiger partial charge on any atom is 0.307 e. The maximum absolute atomic E-state index is 12.1. The molecular weight excluding hydrogens is 430 g/mol. The summed E-state index contributed by atoms with van der Waals surface area (Å²) in [7, 11) is 5.89. The quantitative estimate of drug-likeness (QED) is 0.141. The van der Waals surface area contributed by atoms with Gasteiger partial charge in [-0.1, -0.05) is 51.9 Å². The highest BCUT2D eigenvalue weighted by Gasteiger charge is 2.24. The second kappa shape index (κ2) is 16.0. The van der Waals surface area contributed by atoms with Gasteiger partial charge in [-0.25, -0.2) is 0 Å². The molecule has 0 bridgehead atoms. The molecule has 6 heteroatoms. The lowest BCUT2D eigenvalue weighted by Gasteiger charge is -2.28. The average Bonchev–Trinajstić information content (AvgIpc) is 2.99. The minimum atomic E-state index is -0.934. The predicted molar refractivity (Wildman–Crippen MR) is 137 cm³/mol. The first-order valence-electron chi connectivity index (χ1n) is 13.3. The summed E-state index contributed by atoms with van der Waals surface area (Å²) < 4.78 is 12.2.